The Kier molecular flexibility index (Phi) is 7.94. The zero-order valence-electron chi connectivity index (χ0n) is 20.0. The maximum atomic E-state index is 13.0. The number of carboxylic acids is 1. The molecule has 0 bridgehead atoms. The Balaban J connectivity index is 1.68. The molecule has 34 heavy (non-hydrogen) atoms. The predicted molar refractivity (Wildman–Crippen MR) is 128 cm³/mol. The molecule has 0 spiro atoms. The minimum Gasteiger partial charge on any atom is -0.481 e. The fraction of sp³-hybridized carbons (Fsp3) is 0.423. The summed E-state index contributed by atoms with van der Waals surface area (Å²) >= 11 is 0. The van der Waals surface area contributed by atoms with Gasteiger partial charge in [0.1, 0.15) is 12.6 Å². The first kappa shape index (κ1) is 25.2. The van der Waals surface area contributed by atoms with Crippen LogP contribution in [-0.4, -0.2) is 66.9 Å². The van der Waals surface area contributed by atoms with Gasteiger partial charge in [-0.3, -0.25) is 9.59 Å². The van der Waals surface area contributed by atoms with E-state index in [-0.39, 0.29) is 31.9 Å². The number of likely N-dealkylation sites (N-methyl/N-ethyl adjacent to an activating group) is 1. The van der Waals surface area contributed by atoms with Gasteiger partial charge in [-0.05, 0) is 42.5 Å². The second-order valence-corrected chi connectivity index (χ2v) is 9.11. The quantitative estimate of drug-likeness (QED) is 0.552. The molecule has 3 rings (SSSR count). The van der Waals surface area contributed by atoms with Gasteiger partial charge in [0.2, 0.25) is 5.91 Å². The highest BCUT2D eigenvalue weighted by Gasteiger charge is 2.31. The molecule has 1 unspecified atom stereocenters. The molecule has 0 radical (unpaired) electrons. The Hall–Kier alpha value is -3.39. The fourth-order valence-corrected chi connectivity index (χ4v) is 4.29. The van der Waals surface area contributed by atoms with E-state index in [1.165, 1.54) is 4.90 Å². The van der Waals surface area contributed by atoms with E-state index in [2.05, 4.69) is 5.32 Å². The number of amides is 2. The lowest BCUT2D eigenvalue weighted by molar-refractivity contribution is -0.138. The lowest BCUT2D eigenvalue weighted by atomic mass is 9.98. The molecule has 8 nitrogen and oxygen atoms in total. The zero-order valence-corrected chi connectivity index (χ0v) is 20.0. The second kappa shape index (κ2) is 10.7. The SMILES string of the molecule is COC(C)(C)CN(C)C(=O)C(CCC(=O)O)NC(=O)OCC1c2ccccc2-c2ccccc21. The third kappa shape index (κ3) is 5.94. The normalized spacial score (nSPS) is 13.5. The van der Waals surface area contributed by atoms with E-state index in [4.69, 9.17) is 14.6 Å². The number of aliphatic carboxylic acids is 1. The first-order valence-electron chi connectivity index (χ1n) is 11.3. The lowest BCUT2D eigenvalue weighted by Crippen LogP contribution is -2.51. The molecule has 1 aliphatic rings. The van der Waals surface area contributed by atoms with Gasteiger partial charge >= 0.3 is 12.1 Å². The predicted octanol–water partition coefficient (Wildman–Crippen LogP) is 3.64. The Morgan fingerprint density at radius 2 is 1.62 bits per heavy atom. The third-order valence-electron chi connectivity index (χ3n) is 6.13. The minimum atomic E-state index is -1.05. The molecule has 0 fully saturated rings. The first-order valence-corrected chi connectivity index (χ1v) is 11.3. The Bertz CT molecular complexity index is 1010. The highest BCUT2D eigenvalue weighted by molar-refractivity contribution is 5.86. The number of hydrogen-bond donors (Lipinski definition) is 2. The van der Waals surface area contributed by atoms with E-state index >= 15 is 0 Å². The number of carbonyl (C=O) groups is 3. The topological polar surface area (TPSA) is 105 Å². The van der Waals surface area contributed by atoms with Crippen molar-refractivity contribution in [1.82, 2.24) is 10.2 Å². The summed E-state index contributed by atoms with van der Waals surface area (Å²) < 4.78 is 10.9. The molecule has 8 heteroatoms. The Labute approximate surface area is 199 Å². The lowest BCUT2D eigenvalue weighted by Gasteiger charge is -2.31. The van der Waals surface area contributed by atoms with E-state index in [1.54, 1.807) is 14.2 Å². The number of nitrogens with zero attached hydrogens (tertiary/aromatic N) is 1. The fourth-order valence-electron chi connectivity index (χ4n) is 4.29. The van der Waals surface area contributed by atoms with E-state index < -0.39 is 29.6 Å². The highest BCUT2D eigenvalue weighted by atomic mass is 16.5. The van der Waals surface area contributed by atoms with Gasteiger partial charge in [-0.1, -0.05) is 48.5 Å². The van der Waals surface area contributed by atoms with Gasteiger partial charge in [-0.2, -0.15) is 0 Å². The summed E-state index contributed by atoms with van der Waals surface area (Å²) in [6.45, 7) is 4.05. The molecule has 0 aromatic heterocycles. The zero-order chi connectivity index (χ0) is 24.9. The van der Waals surface area contributed by atoms with Crippen LogP contribution in [0.3, 0.4) is 0 Å². The van der Waals surface area contributed by atoms with Gasteiger partial charge < -0.3 is 24.8 Å². The summed E-state index contributed by atoms with van der Waals surface area (Å²) in [4.78, 5) is 38.2. The molecule has 1 aliphatic carbocycles. The van der Waals surface area contributed by atoms with E-state index in [1.807, 2.05) is 62.4 Å². The monoisotopic (exact) mass is 468 g/mol. The van der Waals surface area contributed by atoms with Crippen molar-refractivity contribution in [3.05, 3.63) is 59.7 Å². The molecule has 2 N–H and O–H groups in total. The molecule has 182 valence electrons. The Morgan fingerprint density at radius 1 is 1.06 bits per heavy atom. The van der Waals surface area contributed by atoms with Crippen molar-refractivity contribution in [3.63, 3.8) is 0 Å². The minimum absolute atomic E-state index is 0.0455. The van der Waals surface area contributed by atoms with Crippen LogP contribution in [0, 0.1) is 0 Å². The van der Waals surface area contributed by atoms with Crippen molar-refractivity contribution >= 4 is 18.0 Å². The average Bonchev–Trinajstić information content (AvgIpc) is 3.13. The molecule has 2 aromatic rings. The maximum Gasteiger partial charge on any atom is 0.407 e. The second-order valence-electron chi connectivity index (χ2n) is 9.11. The smallest absolute Gasteiger partial charge is 0.407 e. The number of methoxy groups -OCH3 is 1. The van der Waals surface area contributed by atoms with Crippen LogP contribution in [0.25, 0.3) is 11.1 Å². The molecule has 0 aliphatic heterocycles. The summed E-state index contributed by atoms with van der Waals surface area (Å²) in [6, 6.07) is 15.0. The molecular weight excluding hydrogens is 436 g/mol. The molecule has 0 saturated heterocycles. The van der Waals surface area contributed by atoms with Gasteiger partial charge in [0.25, 0.3) is 0 Å². The number of ether oxygens (including phenoxy) is 2. The number of nitrogens with one attached hydrogen (secondary N) is 1. The number of benzene rings is 2. The van der Waals surface area contributed by atoms with Crippen LogP contribution in [0.4, 0.5) is 4.79 Å². The van der Waals surface area contributed by atoms with Crippen molar-refractivity contribution in [2.24, 2.45) is 0 Å². The van der Waals surface area contributed by atoms with Crippen molar-refractivity contribution in [2.45, 2.75) is 44.2 Å². The van der Waals surface area contributed by atoms with Crippen molar-refractivity contribution in [1.29, 1.82) is 0 Å². The maximum absolute atomic E-state index is 13.0. The van der Waals surface area contributed by atoms with E-state index in [0.29, 0.717) is 0 Å². The summed E-state index contributed by atoms with van der Waals surface area (Å²) in [5, 5.41) is 11.7. The molecule has 2 amide bonds. The summed E-state index contributed by atoms with van der Waals surface area (Å²) in [7, 11) is 3.14. The number of rotatable bonds is 10. The van der Waals surface area contributed by atoms with E-state index in [9.17, 15) is 14.4 Å². The highest BCUT2D eigenvalue weighted by Crippen LogP contribution is 2.44. The van der Waals surface area contributed by atoms with Gasteiger partial charge in [0, 0.05) is 33.0 Å². The molecule has 0 heterocycles. The molecule has 2 aromatic carbocycles. The van der Waals surface area contributed by atoms with Crippen LogP contribution >= 0.6 is 0 Å². The largest absolute Gasteiger partial charge is 0.481 e. The third-order valence-corrected chi connectivity index (χ3v) is 6.13. The number of carboxylic acid groups (broad SMARTS) is 1. The van der Waals surface area contributed by atoms with Crippen LogP contribution in [0.5, 0.6) is 0 Å². The average molecular weight is 469 g/mol. The van der Waals surface area contributed by atoms with Crippen molar-refractivity contribution < 1.29 is 29.0 Å². The van der Waals surface area contributed by atoms with Crippen molar-refractivity contribution in [3.8, 4) is 11.1 Å². The number of fused-ring (bicyclic) bond motifs is 3. The van der Waals surface area contributed by atoms with Gasteiger partial charge in [-0.15, -0.1) is 0 Å². The number of hydrogen-bond acceptors (Lipinski definition) is 5. The van der Waals surface area contributed by atoms with Gasteiger partial charge in [0.05, 0.1) is 5.60 Å². The van der Waals surface area contributed by atoms with Crippen LogP contribution in [0.2, 0.25) is 0 Å². The van der Waals surface area contributed by atoms with Crippen LogP contribution < -0.4 is 5.32 Å². The van der Waals surface area contributed by atoms with Crippen LogP contribution in [-0.2, 0) is 19.1 Å². The summed E-state index contributed by atoms with van der Waals surface area (Å²) in [5.41, 5.74) is 3.80. The van der Waals surface area contributed by atoms with Gasteiger partial charge in [0.15, 0.2) is 0 Å². The van der Waals surface area contributed by atoms with E-state index in [0.717, 1.165) is 22.3 Å². The standard InChI is InChI=1S/C26H32N2O6/c1-26(2,33-4)16-28(3)24(31)22(13-14-23(29)30)27-25(32)34-15-21-19-11-7-5-9-17(19)18-10-6-8-12-20(18)21/h5-12,21-22H,13-16H2,1-4H3,(H,27,32)(H,29,30). The summed E-state index contributed by atoms with van der Waals surface area (Å²) in [6.07, 6.45) is -1.07. The first-order chi connectivity index (χ1) is 16.1. The number of carbonyl (C=O) groups excluding carboxylic acids is 2. The van der Waals surface area contributed by atoms with Gasteiger partial charge in [-0.25, -0.2) is 4.79 Å². The molecule has 0 saturated carbocycles. The van der Waals surface area contributed by atoms with Crippen molar-refractivity contribution in [2.75, 3.05) is 27.3 Å². The van der Waals surface area contributed by atoms with Crippen LogP contribution in [0.1, 0.15) is 43.7 Å². The number of alkyl carbamates (subject to hydrolysis) is 1. The summed E-state index contributed by atoms with van der Waals surface area (Å²) in [5.74, 6) is -1.57. The molecule has 1 atom stereocenters. The van der Waals surface area contributed by atoms with Crippen LogP contribution in [0.15, 0.2) is 48.5 Å². The Morgan fingerprint density at radius 3 is 2.15 bits per heavy atom. The molecular formula is C26H32N2O6.